The quantitative estimate of drug-likeness (QED) is 0.634. The number of furan rings is 1. The lowest BCUT2D eigenvalue weighted by molar-refractivity contribution is 0.104. The third kappa shape index (κ3) is 2.59. The Morgan fingerprint density at radius 3 is 2.65 bits per heavy atom. The van der Waals surface area contributed by atoms with Crippen molar-refractivity contribution in [1.29, 1.82) is 0 Å². The van der Waals surface area contributed by atoms with E-state index in [0.29, 0.717) is 36.0 Å². The Kier molecular flexibility index (Phi) is 3.29. The van der Waals surface area contributed by atoms with Crippen LogP contribution in [-0.4, -0.2) is 19.0 Å². The molecule has 0 atom stereocenters. The predicted octanol–water partition coefficient (Wildman–Crippen LogP) is 3.26. The monoisotopic (exact) mass is 270 g/mol. The van der Waals surface area contributed by atoms with Crippen LogP contribution in [0.5, 0.6) is 11.5 Å². The first-order chi connectivity index (χ1) is 9.72. The Bertz CT molecular complexity index is 667. The largest absolute Gasteiger partial charge is 0.486 e. The van der Waals surface area contributed by atoms with Gasteiger partial charge >= 0.3 is 0 Å². The molecule has 0 aliphatic carbocycles. The van der Waals surface area contributed by atoms with Crippen LogP contribution in [0.2, 0.25) is 0 Å². The smallest absolute Gasteiger partial charge is 0.186 e. The topological polar surface area (TPSA) is 48.7 Å². The zero-order valence-electron chi connectivity index (χ0n) is 11.1. The minimum atomic E-state index is -0.101. The summed E-state index contributed by atoms with van der Waals surface area (Å²) in [7, 11) is 0. The van der Waals surface area contributed by atoms with Crippen LogP contribution in [0.15, 0.2) is 40.8 Å². The van der Waals surface area contributed by atoms with Gasteiger partial charge in [0.2, 0.25) is 0 Å². The third-order valence-electron chi connectivity index (χ3n) is 2.99. The Morgan fingerprint density at radius 2 is 1.90 bits per heavy atom. The number of benzene rings is 1. The van der Waals surface area contributed by atoms with Crippen LogP contribution in [0, 0.1) is 6.92 Å². The summed E-state index contributed by atoms with van der Waals surface area (Å²) in [5, 5.41) is 0. The molecule has 4 nitrogen and oxygen atoms in total. The molecule has 4 heteroatoms. The molecule has 0 amide bonds. The Hall–Kier alpha value is -2.49. The second-order valence-electron chi connectivity index (χ2n) is 4.50. The van der Waals surface area contributed by atoms with Gasteiger partial charge in [-0.1, -0.05) is 0 Å². The fourth-order valence-corrected chi connectivity index (χ4v) is 1.99. The number of allylic oxidation sites excluding steroid dienone is 1. The molecule has 0 N–H and O–H groups in total. The molecule has 1 aliphatic rings. The van der Waals surface area contributed by atoms with E-state index in [4.69, 9.17) is 13.9 Å². The molecule has 0 radical (unpaired) electrons. The molecule has 0 fully saturated rings. The van der Waals surface area contributed by atoms with E-state index in [-0.39, 0.29) is 5.78 Å². The van der Waals surface area contributed by atoms with E-state index in [9.17, 15) is 4.79 Å². The number of fused-ring (bicyclic) bond motifs is 1. The maximum absolute atomic E-state index is 12.1. The highest BCUT2D eigenvalue weighted by Gasteiger charge is 2.13. The minimum absolute atomic E-state index is 0.101. The van der Waals surface area contributed by atoms with Crippen LogP contribution in [0.25, 0.3) is 6.08 Å². The van der Waals surface area contributed by atoms with Gasteiger partial charge in [0.05, 0.1) is 0 Å². The van der Waals surface area contributed by atoms with Gasteiger partial charge in [-0.15, -0.1) is 0 Å². The third-order valence-corrected chi connectivity index (χ3v) is 2.99. The second-order valence-corrected chi connectivity index (χ2v) is 4.50. The van der Waals surface area contributed by atoms with Crippen molar-refractivity contribution in [2.75, 3.05) is 13.2 Å². The van der Waals surface area contributed by atoms with Gasteiger partial charge in [0, 0.05) is 5.56 Å². The molecule has 1 aliphatic heterocycles. The number of ether oxygens (including phenoxy) is 2. The highest BCUT2D eigenvalue weighted by Crippen LogP contribution is 2.30. The highest BCUT2D eigenvalue weighted by molar-refractivity contribution is 6.07. The van der Waals surface area contributed by atoms with Crippen LogP contribution in [-0.2, 0) is 0 Å². The van der Waals surface area contributed by atoms with E-state index < -0.39 is 0 Å². The fraction of sp³-hybridized carbons (Fsp3) is 0.188. The fourth-order valence-electron chi connectivity index (χ4n) is 1.99. The molecule has 0 bridgehead atoms. The number of carbonyl (C=O) groups is 1. The van der Waals surface area contributed by atoms with Crippen LogP contribution in [0.4, 0.5) is 0 Å². The van der Waals surface area contributed by atoms with E-state index in [1.807, 2.05) is 19.1 Å². The maximum Gasteiger partial charge on any atom is 0.186 e. The zero-order valence-corrected chi connectivity index (χ0v) is 11.1. The van der Waals surface area contributed by atoms with Crippen molar-refractivity contribution < 1.29 is 18.7 Å². The zero-order chi connectivity index (χ0) is 13.9. The van der Waals surface area contributed by atoms with Gasteiger partial charge in [-0.05, 0) is 49.4 Å². The van der Waals surface area contributed by atoms with Crippen molar-refractivity contribution in [3.8, 4) is 11.5 Å². The molecule has 3 rings (SSSR count). The Labute approximate surface area is 116 Å². The van der Waals surface area contributed by atoms with Crippen LogP contribution in [0.1, 0.15) is 21.9 Å². The van der Waals surface area contributed by atoms with E-state index in [2.05, 4.69) is 0 Å². The lowest BCUT2D eigenvalue weighted by Crippen LogP contribution is -2.15. The Balaban J connectivity index is 1.78. The van der Waals surface area contributed by atoms with E-state index in [1.54, 1.807) is 24.3 Å². The molecule has 1 aromatic heterocycles. The Morgan fingerprint density at radius 1 is 1.10 bits per heavy atom. The number of rotatable bonds is 3. The van der Waals surface area contributed by atoms with Gasteiger partial charge in [-0.2, -0.15) is 0 Å². The minimum Gasteiger partial charge on any atom is -0.486 e. The SMILES string of the molecule is Cc1ccc(/C=C/C(=O)c2ccc3c(c2)OCCO3)o1. The second kappa shape index (κ2) is 5.25. The molecule has 0 saturated carbocycles. The molecule has 2 aromatic rings. The van der Waals surface area contributed by atoms with Crippen LogP contribution >= 0.6 is 0 Å². The summed E-state index contributed by atoms with van der Waals surface area (Å²) in [6.07, 6.45) is 3.15. The van der Waals surface area contributed by atoms with E-state index >= 15 is 0 Å². The van der Waals surface area contributed by atoms with Gasteiger partial charge in [0.1, 0.15) is 24.7 Å². The number of carbonyl (C=O) groups excluding carboxylic acids is 1. The first kappa shape index (κ1) is 12.5. The predicted molar refractivity (Wildman–Crippen MR) is 74.2 cm³/mol. The van der Waals surface area contributed by atoms with Crippen molar-refractivity contribution in [3.63, 3.8) is 0 Å². The van der Waals surface area contributed by atoms with Gasteiger partial charge in [-0.25, -0.2) is 0 Å². The van der Waals surface area contributed by atoms with Gasteiger partial charge < -0.3 is 13.9 Å². The number of ketones is 1. The molecule has 20 heavy (non-hydrogen) atoms. The van der Waals surface area contributed by atoms with E-state index in [0.717, 1.165) is 5.76 Å². The average Bonchev–Trinajstić information content (AvgIpc) is 2.90. The summed E-state index contributed by atoms with van der Waals surface area (Å²) in [4.78, 5) is 12.1. The first-order valence-electron chi connectivity index (χ1n) is 6.41. The van der Waals surface area contributed by atoms with Crippen molar-refractivity contribution in [2.45, 2.75) is 6.92 Å². The van der Waals surface area contributed by atoms with Crippen molar-refractivity contribution >= 4 is 11.9 Å². The number of aryl methyl sites for hydroxylation is 1. The lowest BCUT2D eigenvalue weighted by Gasteiger charge is -2.18. The van der Waals surface area contributed by atoms with Crippen LogP contribution in [0.3, 0.4) is 0 Å². The molecule has 2 heterocycles. The van der Waals surface area contributed by atoms with Gasteiger partial charge in [0.25, 0.3) is 0 Å². The molecule has 0 spiro atoms. The molecule has 102 valence electrons. The maximum atomic E-state index is 12.1. The summed E-state index contributed by atoms with van der Waals surface area (Å²) in [6, 6.07) is 8.87. The van der Waals surface area contributed by atoms with Gasteiger partial charge in [-0.3, -0.25) is 4.79 Å². The highest BCUT2D eigenvalue weighted by atomic mass is 16.6. The summed E-state index contributed by atoms with van der Waals surface area (Å²) in [6.45, 7) is 2.91. The number of hydrogen-bond donors (Lipinski definition) is 0. The molecule has 0 unspecified atom stereocenters. The van der Waals surface area contributed by atoms with E-state index in [1.165, 1.54) is 6.08 Å². The summed E-state index contributed by atoms with van der Waals surface area (Å²) >= 11 is 0. The first-order valence-corrected chi connectivity index (χ1v) is 6.41. The molecular weight excluding hydrogens is 256 g/mol. The van der Waals surface area contributed by atoms with Crippen molar-refractivity contribution in [1.82, 2.24) is 0 Å². The van der Waals surface area contributed by atoms with Crippen LogP contribution < -0.4 is 9.47 Å². The summed E-state index contributed by atoms with van der Waals surface area (Å²) in [5.41, 5.74) is 0.564. The molecule has 1 aromatic carbocycles. The summed E-state index contributed by atoms with van der Waals surface area (Å²) in [5.74, 6) is 2.67. The van der Waals surface area contributed by atoms with Gasteiger partial charge in [0.15, 0.2) is 17.3 Å². The molecular formula is C16H14O4. The summed E-state index contributed by atoms with van der Waals surface area (Å²) < 4.78 is 16.3. The average molecular weight is 270 g/mol. The standard InChI is InChI=1S/C16H14O4/c1-11-2-4-13(20-11)5-6-14(17)12-3-7-15-16(10-12)19-9-8-18-15/h2-7,10H,8-9H2,1H3/b6-5+. The number of hydrogen-bond acceptors (Lipinski definition) is 4. The lowest BCUT2D eigenvalue weighted by atomic mass is 10.1. The molecule has 0 saturated heterocycles. The normalized spacial score (nSPS) is 13.7. The van der Waals surface area contributed by atoms with Crippen molar-refractivity contribution in [3.05, 3.63) is 53.5 Å². The van der Waals surface area contributed by atoms with Crippen molar-refractivity contribution in [2.24, 2.45) is 0 Å².